The van der Waals surface area contributed by atoms with Crippen LogP contribution >= 0.6 is 22.9 Å². The summed E-state index contributed by atoms with van der Waals surface area (Å²) in [5, 5.41) is 6.29. The maximum Gasteiger partial charge on any atom is 0.139 e. The summed E-state index contributed by atoms with van der Waals surface area (Å²) in [5.41, 5.74) is 1.07. The highest BCUT2D eigenvalue weighted by Crippen LogP contribution is 2.36. The first-order chi connectivity index (χ1) is 12.6. The van der Waals surface area contributed by atoms with Crippen molar-refractivity contribution in [1.29, 1.82) is 0 Å². The molecule has 1 N–H and O–H groups in total. The Morgan fingerprint density at radius 1 is 1.15 bits per heavy atom. The fourth-order valence-corrected chi connectivity index (χ4v) is 4.17. The highest BCUT2D eigenvalue weighted by atomic mass is 35.5. The zero-order chi connectivity index (χ0) is 18.1. The lowest BCUT2D eigenvalue weighted by Crippen LogP contribution is -2.06. The lowest BCUT2D eigenvalue weighted by atomic mass is 10.2. The molecule has 2 aromatic heterocycles. The second-order valence-corrected chi connectivity index (χ2v) is 7.72. The highest BCUT2D eigenvalue weighted by molar-refractivity contribution is 7.25. The molecule has 0 saturated carbocycles. The number of anilines is 1. The van der Waals surface area contributed by atoms with E-state index in [2.05, 4.69) is 27.4 Å². The minimum atomic E-state index is 0.0950. The number of benzene rings is 2. The van der Waals surface area contributed by atoms with Gasteiger partial charge in [0.15, 0.2) is 0 Å². The second kappa shape index (κ2) is 7.09. The quantitative estimate of drug-likeness (QED) is 0.466. The highest BCUT2D eigenvalue weighted by Gasteiger charge is 2.11. The zero-order valence-electron chi connectivity index (χ0n) is 14.5. The molecular weight excluding hydrogens is 366 g/mol. The predicted octanol–water partition coefficient (Wildman–Crippen LogP) is 5.90. The lowest BCUT2D eigenvalue weighted by molar-refractivity contribution is 0.242. The van der Waals surface area contributed by atoms with Crippen LogP contribution in [0.4, 0.5) is 5.82 Å². The van der Waals surface area contributed by atoms with E-state index in [0.29, 0.717) is 17.3 Å². The van der Waals surface area contributed by atoms with Crippen molar-refractivity contribution in [1.82, 2.24) is 9.97 Å². The first-order valence-corrected chi connectivity index (χ1v) is 9.62. The summed E-state index contributed by atoms with van der Waals surface area (Å²) >= 11 is 8.01. The molecule has 4 aromatic rings. The van der Waals surface area contributed by atoms with Gasteiger partial charge in [-0.05, 0) is 37.6 Å². The van der Waals surface area contributed by atoms with E-state index in [-0.39, 0.29) is 6.10 Å². The first kappa shape index (κ1) is 17.1. The molecule has 0 radical (unpaired) electrons. The molecule has 0 spiro atoms. The van der Waals surface area contributed by atoms with Gasteiger partial charge in [0.1, 0.15) is 22.7 Å². The van der Waals surface area contributed by atoms with Gasteiger partial charge in [-0.25, -0.2) is 9.97 Å². The van der Waals surface area contributed by atoms with Gasteiger partial charge < -0.3 is 10.1 Å². The number of hydrogen-bond acceptors (Lipinski definition) is 5. The fourth-order valence-electron chi connectivity index (χ4n) is 2.88. The summed E-state index contributed by atoms with van der Waals surface area (Å²) in [6.45, 7) is 4.59. The minimum Gasteiger partial charge on any atom is -0.489 e. The maximum absolute atomic E-state index is 6.33. The lowest BCUT2D eigenvalue weighted by Gasteiger charge is -2.13. The van der Waals surface area contributed by atoms with Gasteiger partial charge in [0.2, 0.25) is 0 Å². The van der Waals surface area contributed by atoms with Crippen LogP contribution in [0.1, 0.15) is 19.4 Å². The molecule has 0 aliphatic carbocycles. The van der Waals surface area contributed by atoms with Gasteiger partial charge in [0.05, 0.1) is 16.5 Å². The number of aromatic nitrogens is 2. The second-order valence-electron chi connectivity index (χ2n) is 6.29. The molecule has 0 aliphatic rings. The van der Waals surface area contributed by atoms with Crippen LogP contribution in [0.3, 0.4) is 0 Å². The van der Waals surface area contributed by atoms with Crippen LogP contribution in [0.25, 0.3) is 20.3 Å². The standard InChI is InChI=1S/C20H18ClN3OS/c1-12(2)25-16-8-7-13(9-15(16)21)10-22-19-18-14-5-3-4-6-17(14)26-20(18)24-11-23-19/h3-9,11-12H,10H2,1-2H3,(H,22,23,24). The number of nitrogens with one attached hydrogen (secondary N) is 1. The van der Waals surface area contributed by atoms with E-state index in [1.165, 1.54) is 10.1 Å². The number of nitrogens with zero attached hydrogens (tertiary/aromatic N) is 2. The number of hydrogen-bond donors (Lipinski definition) is 1. The SMILES string of the molecule is CC(C)Oc1ccc(CNc2ncnc3sc4ccccc4c23)cc1Cl. The number of thiophene rings is 1. The van der Waals surface area contributed by atoms with E-state index in [0.717, 1.165) is 21.6 Å². The van der Waals surface area contributed by atoms with Gasteiger partial charge in [0.25, 0.3) is 0 Å². The Balaban J connectivity index is 1.61. The largest absolute Gasteiger partial charge is 0.489 e. The molecule has 0 bridgehead atoms. The Labute approximate surface area is 160 Å². The average molecular weight is 384 g/mol. The molecule has 132 valence electrons. The topological polar surface area (TPSA) is 47.0 Å². The third-order valence-electron chi connectivity index (χ3n) is 3.99. The smallest absolute Gasteiger partial charge is 0.139 e. The molecule has 4 nitrogen and oxygen atoms in total. The molecule has 2 aromatic carbocycles. The summed E-state index contributed by atoms with van der Waals surface area (Å²) < 4.78 is 6.90. The predicted molar refractivity (Wildman–Crippen MR) is 109 cm³/mol. The monoisotopic (exact) mass is 383 g/mol. The minimum absolute atomic E-state index is 0.0950. The van der Waals surface area contributed by atoms with Gasteiger partial charge in [-0.3, -0.25) is 0 Å². The molecule has 0 fully saturated rings. The van der Waals surface area contributed by atoms with Crippen molar-refractivity contribution in [3.63, 3.8) is 0 Å². The van der Waals surface area contributed by atoms with E-state index in [4.69, 9.17) is 16.3 Å². The molecule has 2 heterocycles. The average Bonchev–Trinajstić information content (AvgIpc) is 3.01. The third-order valence-corrected chi connectivity index (χ3v) is 5.37. The first-order valence-electron chi connectivity index (χ1n) is 8.43. The van der Waals surface area contributed by atoms with Gasteiger partial charge in [-0.1, -0.05) is 35.9 Å². The Kier molecular flexibility index (Phi) is 4.66. The van der Waals surface area contributed by atoms with E-state index in [1.54, 1.807) is 17.7 Å². The van der Waals surface area contributed by atoms with Crippen molar-refractivity contribution in [3.05, 3.63) is 59.4 Å². The molecule has 0 saturated heterocycles. The summed E-state index contributed by atoms with van der Waals surface area (Å²) in [6.07, 6.45) is 1.70. The Morgan fingerprint density at radius 2 is 2.00 bits per heavy atom. The number of rotatable bonds is 5. The van der Waals surface area contributed by atoms with Crippen LogP contribution in [0.2, 0.25) is 5.02 Å². The third kappa shape index (κ3) is 3.32. The van der Waals surface area contributed by atoms with Gasteiger partial charge in [-0.2, -0.15) is 0 Å². The van der Waals surface area contributed by atoms with Gasteiger partial charge in [0, 0.05) is 16.6 Å². The normalized spacial score (nSPS) is 11.4. The Morgan fingerprint density at radius 3 is 2.81 bits per heavy atom. The number of fused-ring (bicyclic) bond motifs is 3. The Bertz CT molecular complexity index is 1080. The molecule has 0 amide bonds. The van der Waals surface area contributed by atoms with Crippen molar-refractivity contribution in [3.8, 4) is 5.75 Å². The van der Waals surface area contributed by atoms with Gasteiger partial charge in [-0.15, -0.1) is 11.3 Å². The molecule has 0 aliphatic heterocycles. The van der Waals surface area contributed by atoms with E-state index in [9.17, 15) is 0 Å². The number of ether oxygens (including phenoxy) is 1. The molecule has 26 heavy (non-hydrogen) atoms. The Hall–Kier alpha value is -2.37. The van der Waals surface area contributed by atoms with E-state index in [1.807, 2.05) is 44.2 Å². The fraction of sp³-hybridized carbons (Fsp3) is 0.200. The van der Waals surface area contributed by atoms with Crippen LogP contribution in [-0.2, 0) is 6.54 Å². The van der Waals surface area contributed by atoms with Crippen LogP contribution in [0.15, 0.2) is 48.8 Å². The van der Waals surface area contributed by atoms with Crippen LogP contribution in [0.5, 0.6) is 5.75 Å². The molecule has 0 atom stereocenters. The molecule has 4 rings (SSSR count). The summed E-state index contributed by atoms with van der Waals surface area (Å²) in [5.74, 6) is 1.55. The summed E-state index contributed by atoms with van der Waals surface area (Å²) in [6, 6.07) is 14.2. The summed E-state index contributed by atoms with van der Waals surface area (Å²) in [4.78, 5) is 9.86. The van der Waals surface area contributed by atoms with Crippen molar-refractivity contribution < 1.29 is 4.74 Å². The van der Waals surface area contributed by atoms with Crippen LogP contribution in [-0.4, -0.2) is 16.1 Å². The summed E-state index contributed by atoms with van der Waals surface area (Å²) in [7, 11) is 0. The van der Waals surface area contributed by atoms with Crippen LogP contribution in [0, 0.1) is 0 Å². The maximum atomic E-state index is 6.33. The van der Waals surface area contributed by atoms with Crippen molar-refractivity contribution >= 4 is 49.1 Å². The van der Waals surface area contributed by atoms with Crippen LogP contribution < -0.4 is 10.1 Å². The zero-order valence-corrected chi connectivity index (χ0v) is 16.1. The van der Waals surface area contributed by atoms with Crippen molar-refractivity contribution in [2.45, 2.75) is 26.5 Å². The van der Waals surface area contributed by atoms with Crippen molar-refractivity contribution in [2.75, 3.05) is 5.32 Å². The molecular formula is C20H18ClN3OS. The molecule has 0 unspecified atom stereocenters. The van der Waals surface area contributed by atoms with Gasteiger partial charge >= 0.3 is 0 Å². The van der Waals surface area contributed by atoms with Crippen molar-refractivity contribution in [2.24, 2.45) is 0 Å². The number of halogens is 1. The molecule has 6 heteroatoms. The van der Waals surface area contributed by atoms with E-state index < -0.39 is 0 Å². The van der Waals surface area contributed by atoms with E-state index >= 15 is 0 Å².